The Morgan fingerprint density at radius 1 is 1.04 bits per heavy atom. The van der Waals surface area contributed by atoms with Gasteiger partial charge in [-0.05, 0) is 25.1 Å². The van der Waals surface area contributed by atoms with E-state index in [0.29, 0.717) is 22.3 Å². The van der Waals surface area contributed by atoms with Crippen molar-refractivity contribution in [2.24, 2.45) is 0 Å². The summed E-state index contributed by atoms with van der Waals surface area (Å²) in [6.45, 7) is 1.69. The van der Waals surface area contributed by atoms with E-state index in [1.807, 2.05) is 0 Å². The van der Waals surface area contributed by atoms with Crippen molar-refractivity contribution in [1.29, 1.82) is 0 Å². The molecule has 28 heavy (non-hydrogen) atoms. The first-order valence-corrected chi connectivity index (χ1v) is 8.34. The molecule has 0 atom stereocenters. The highest BCUT2D eigenvalue weighted by molar-refractivity contribution is 6.08. The lowest BCUT2D eigenvalue weighted by Gasteiger charge is -2.10. The summed E-state index contributed by atoms with van der Waals surface area (Å²) in [6.07, 6.45) is -3.05. The van der Waals surface area contributed by atoms with E-state index in [-0.39, 0.29) is 17.0 Å². The quantitative estimate of drug-likeness (QED) is 0.494. The lowest BCUT2D eigenvalue weighted by molar-refractivity contribution is -0.137. The molecule has 0 saturated carbocycles. The number of aromatic nitrogens is 4. The Kier molecular flexibility index (Phi) is 4.18. The number of benzene rings is 2. The van der Waals surface area contributed by atoms with Gasteiger partial charge in [0.05, 0.1) is 22.5 Å². The van der Waals surface area contributed by atoms with Gasteiger partial charge in [0.15, 0.2) is 5.69 Å². The third-order valence-corrected chi connectivity index (χ3v) is 4.42. The molecule has 0 spiro atoms. The molecular formula is C20H13F3N4O. The first kappa shape index (κ1) is 17.8. The minimum atomic E-state index is -4.45. The molecule has 4 rings (SSSR count). The summed E-state index contributed by atoms with van der Waals surface area (Å²) in [5.41, 5.74) is 1.05. The van der Waals surface area contributed by atoms with Crippen LogP contribution in [0, 0.1) is 6.92 Å². The number of ketones is 1. The van der Waals surface area contributed by atoms with Crippen LogP contribution in [0.25, 0.3) is 16.6 Å². The van der Waals surface area contributed by atoms with Crippen molar-refractivity contribution < 1.29 is 18.0 Å². The van der Waals surface area contributed by atoms with Crippen molar-refractivity contribution in [3.8, 4) is 5.69 Å². The standard InChI is InChI=1S/C20H13F3N4O/c1-12-18(19(28)13-5-3-2-4-6-13)25-26-27(12)17-9-10-24-16-11-14(20(21,22)23)7-8-15(16)17/h2-11H,1H3. The van der Waals surface area contributed by atoms with Crippen molar-refractivity contribution >= 4 is 16.7 Å². The van der Waals surface area contributed by atoms with Gasteiger partial charge in [0, 0.05) is 17.1 Å². The normalized spacial score (nSPS) is 11.7. The number of alkyl halides is 3. The molecule has 2 aromatic heterocycles. The number of nitrogens with zero attached hydrogens (tertiary/aromatic N) is 4. The number of hydrogen-bond acceptors (Lipinski definition) is 4. The Morgan fingerprint density at radius 3 is 2.50 bits per heavy atom. The van der Waals surface area contributed by atoms with Crippen molar-refractivity contribution in [3.63, 3.8) is 0 Å². The van der Waals surface area contributed by atoms with Gasteiger partial charge in [0.25, 0.3) is 0 Å². The highest BCUT2D eigenvalue weighted by Gasteiger charge is 2.31. The molecule has 2 aromatic carbocycles. The molecule has 0 aliphatic carbocycles. The number of fused-ring (bicyclic) bond motifs is 1. The van der Waals surface area contributed by atoms with Crippen molar-refractivity contribution in [2.75, 3.05) is 0 Å². The molecule has 0 unspecified atom stereocenters. The molecule has 2 heterocycles. The second-order valence-electron chi connectivity index (χ2n) is 6.19. The molecule has 0 fully saturated rings. The van der Waals surface area contributed by atoms with Crippen LogP contribution < -0.4 is 0 Å². The minimum absolute atomic E-state index is 0.179. The van der Waals surface area contributed by atoms with Gasteiger partial charge in [-0.15, -0.1) is 5.10 Å². The second kappa shape index (κ2) is 6.56. The monoisotopic (exact) mass is 382 g/mol. The van der Waals surface area contributed by atoms with Gasteiger partial charge in [0.2, 0.25) is 5.78 Å². The van der Waals surface area contributed by atoms with Gasteiger partial charge >= 0.3 is 6.18 Å². The highest BCUT2D eigenvalue weighted by atomic mass is 19.4. The minimum Gasteiger partial charge on any atom is -0.287 e. The van der Waals surface area contributed by atoms with Crippen LogP contribution in [0.1, 0.15) is 27.3 Å². The first-order valence-electron chi connectivity index (χ1n) is 8.34. The maximum atomic E-state index is 13.0. The molecule has 140 valence electrons. The lowest BCUT2D eigenvalue weighted by Crippen LogP contribution is -2.07. The summed E-state index contributed by atoms with van der Waals surface area (Å²) in [5.74, 6) is -0.276. The van der Waals surface area contributed by atoms with Gasteiger partial charge in [-0.2, -0.15) is 13.2 Å². The van der Waals surface area contributed by atoms with E-state index >= 15 is 0 Å². The van der Waals surface area contributed by atoms with Gasteiger partial charge < -0.3 is 0 Å². The molecule has 0 saturated heterocycles. The summed E-state index contributed by atoms with van der Waals surface area (Å²) in [4.78, 5) is 16.7. The zero-order valence-electron chi connectivity index (χ0n) is 14.6. The van der Waals surface area contributed by atoms with Gasteiger partial charge in [-0.3, -0.25) is 9.78 Å². The summed E-state index contributed by atoms with van der Waals surface area (Å²) in [7, 11) is 0. The Balaban J connectivity index is 1.81. The van der Waals surface area contributed by atoms with Crippen LogP contribution in [0.3, 0.4) is 0 Å². The first-order chi connectivity index (χ1) is 13.4. The third-order valence-electron chi connectivity index (χ3n) is 4.42. The highest BCUT2D eigenvalue weighted by Crippen LogP contribution is 2.32. The van der Waals surface area contributed by atoms with E-state index in [1.54, 1.807) is 43.3 Å². The molecule has 0 N–H and O–H groups in total. The molecule has 0 aliphatic rings. The zero-order chi connectivity index (χ0) is 19.9. The van der Waals surface area contributed by atoms with E-state index in [4.69, 9.17) is 0 Å². The number of carbonyl (C=O) groups excluding carboxylic acids is 1. The third kappa shape index (κ3) is 3.02. The molecule has 8 heteroatoms. The smallest absolute Gasteiger partial charge is 0.287 e. The predicted molar refractivity (Wildman–Crippen MR) is 96.3 cm³/mol. The van der Waals surface area contributed by atoms with E-state index in [9.17, 15) is 18.0 Å². The van der Waals surface area contributed by atoms with Crippen LogP contribution in [-0.4, -0.2) is 25.8 Å². The van der Waals surface area contributed by atoms with Gasteiger partial charge in [-0.1, -0.05) is 41.6 Å². The van der Waals surface area contributed by atoms with Gasteiger partial charge in [0.1, 0.15) is 0 Å². The molecule has 0 radical (unpaired) electrons. The maximum absolute atomic E-state index is 13.0. The Hall–Kier alpha value is -3.55. The summed E-state index contributed by atoms with van der Waals surface area (Å²) in [5, 5.41) is 8.52. The van der Waals surface area contributed by atoms with Crippen LogP contribution in [0.5, 0.6) is 0 Å². The van der Waals surface area contributed by atoms with Crippen LogP contribution in [0.2, 0.25) is 0 Å². The molecule has 0 aliphatic heterocycles. The van der Waals surface area contributed by atoms with Crippen LogP contribution in [-0.2, 0) is 6.18 Å². The van der Waals surface area contributed by atoms with Crippen molar-refractivity contribution in [1.82, 2.24) is 20.0 Å². The zero-order valence-corrected chi connectivity index (χ0v) is 14.6. The average Bonchev–Trinajstić information content (AvgIpc) is 3.07. The molecule has 0 bridgehead atoms. The number of halogens is 3. The largest absolute Gasteiger partial charge is 0.416 e. The van der Waals surface area contributed by atoms with E-state index in [0.717, 1.165) is 12.1 Å². The van der Waals surface area contributed by atoms with Crippen molar-refractivity contribution in [3.05, 3.63) is 83.3 Å². The van der Waals surface area contributed by atoms with Crippen LogP contribution in [0.15, 0.2) is 60.8 Å². The maximum Gasteiger partial charge on any atom is 0.416 e. The average molecular weight is 382 g/mol. The fourth-order valence-electron chi connectivity index (χ4n) is 2.99. The molecule has 5 nitrogen and oxygen atoms in total. The Labute approximate surface area is 157 Å². The topological polar surface area (TPSA) is 60.7 Å². The fraction of sp³-hybridized carbons (Fsp3) is 0.100. The summed E-state index contributed by atoms with van der Waals surface area (Å²) >= 11 is 0. The number of hydrogen-bond donors (Lipinski definition) is 0. The summed E-state index contributed by atoms with van der Waals surface area (Å²) < 4.78 is 40.3. The van der Waals surface area contributed by atoms with E-state index in [1.165, 1.54) is 16.9 Å². The van der Waals surface area contributed by atoms with E-state index in [2.05, 4.69) is 15.3 Å². The van der Waals surface area contributed by atoms with E-state index < -0.39 is 11.7 Å². The molecule has 0 amide bonds. The number of carbonyl (C=O) groups is 1. The number of pyridine rings is 1. The van der Waals surface area contributed by atoms with Gasteiger partial charge in [-0.25, -0.2) is 4.68 Å². The Morgan fingerprint density at radius 2 is 1.79 bits per heavy atom. The predicted octanol–water partition coefficient (Wildman–Crippen LogP) is 4.37. The SMILES string of the molecule is Cc1c(C(=O)c2ccccc2)nnn1-c1ccnc2cc(C(F)(F)F)ccc12. The second-order valence-corrected chi connectivity index (χ2v) is 6.19. The molecular weight excluding hydrogens is 369 g/mol. The fourth-order valence-corrected chi connectivity index (χ4v) is 2.99. The lowest BCUT2D eigenvalue weighted by atomic mass is 10.1. The number of rotatable bonds is 3. The summed E-state index contributed by atoms with van der Waals surface area (Å²) in [6, 6.07) is 13.6. The van der Waals surface area contributed by atoms with Crippen LogP contribution in [0.4, 0.5) is 13.2 Å². The molecule has 4 aromatic rings. The Bertz CT molecular complexity index is 1180. The van der Waals surface area contributed by atoms with Crippen molar-refractivity contribution in [2.45, 2.75) is 13.1 Å². The van der Waals surface area contributed by atoms with Crippen LogP contribution >= 0.6 is 0 Å².